The van der Waals surface area contributed by atoms with Crippen LogP contribution in [0.4, 0.5) is 5.69 Å². The van der Waals surface area contributed by atoms with Gasteiger partial charge in [0, 0.05) is 5.69 Å². The van der Waals surface area contributed by atoms with E-state index in [2.05, 4.69) is 10.3 Å². The standard InChI is InChI=1S/C19H19N3O6S2/c1-11-15(22-19(28-11)16-7-4-8-29-16)10-17(23)27-12(2)18(24)21-13-5-3-6-14(9-13)30(20,25)26/h3-9,12H,10H2,1-2H3,(H,21,24)(H2,20,25,26). The molecule has 1 unspecified atom stereocenters. The Labute approximate surface area is 176 Å². The second-order valence-corrected chi connectivity index (χ2v) is 8.88. The van der Waals surface area contributed by atoms with E-state index in [1.807, 2.05) is 17.5 Å². The number of nitrogens with one attached hydrogen (secondary N) is 1. The van der Waals surface area contributed by atoms with Crippen molar-refractivity contribution in [2.45, 2.75) is 31.3 Å². The Bertz CT molecular complexity index is 1170. The Hall–Kier alpha value is -3.02. The number of amides is 1. The number of aryl methyl sites for hydroxylation is 1. The van der Waals surface area contributed by atoms with Crippen LogP contribution in [0.2, 0.25) is 0 Å². The molecule has 3 rings (SSSR count). The summed E-state index contributed by atoms with van der Waals surface area (Å²) in [5.41, 5.74) is 0.638. The number of hydrogen-bond donors (Lipinski definition) is 2. The van der Waals surface area contributed by atoms with Crippen LogP contribution in [0.3, 0.4) is 0 Å². The number of nitrogens with zero attached hydrogens (tertiary/aromatic N) is 1. The zero-order valence-electron chi connectivity index (χ0n) is 16.1. The van der Waals surface area contributed by atoms with Crippen molar-refractivity contribution in [1.29, 1.82) is 0 Å². The zero-order valence-corrected chi connectivity index (χ0v) is 17.7. The summed E-state index contributed by atoms with van der Waals surface area (Å²) in [6, 6.07) is 9.17. The van der Waals surface area contributed by atoms with Gasteiger partial charge in [-0.3, -0.25) is 9.59 Å². The maximum atomic E-state index is 12.3. The molecule has 11 heteroatoms. The van der Waals surface area contributed by atoms with E-state index in [-0.39, 0.29) is 17.0 Å². The van der Waals surface area contributed by atoms with E-state index in [1.54, 1.807) is 6.92 Å². The van der Waals surface area contributed by atoms with Gasteiger partial charge in [0.15, 0.2) is 6.10 Å². The van der Waals surface area contributed by atoms with Crippen LogP contribution in [0.15, 0.2) is 51.1 Å². The first-order valence-corrected chi connectivity index (χ1v) is 11.2. The lowest BCUT2D eigenvalue weighted by Crippen LogP contribution is -2.30. The highest BCUT2D eigenvalue weighted by Gasteiger charge is 2.21. The van der Waals surface area contributed by atoms with E-state index >= 15 is 0 Å². The minimum atomic E-state index is -3.91. The highest BCUT2D eigenvalue weighted by Crippen LogP contribution is 2.26. The van der Waals surface area contributed by atoms with Crippen molar-refractivity contribution in [1.82, 2.24) is 4.98 Å². The van der Waals surface area contributed by atoms with Gasteiger partial charge in [-0.05, 0) is 43.5 Å². The highest BCUT2D eigenvalue weighted by atomic mass is 32.2. The van der Waals surface area contributed by atoms with E-state index in [9.17, 15) is 18.0 Å². The van der Waals surface area contributed by atoms with Crippen molar-refractivity contribution in [3.8, 4) is 10.8 Å². The van der Waals surface area contributed by atoms with Crippen molar-refractivity contribution in [3.63, 3.8) is 0 Å². The lowest BCUT2D eigenvalue weighted by molar-refractivity contribution is -0.152. The molecule has 3 aromatic rings. The zero-order chi connectivity index (χ0) is 21.9. The Morgan fingerprint density at radius 3 is 2.73 bits per heavy atom. The van der Waals surface area contributed by atoms with Gasteiger partial charge in [0.25, 0.3) is 5.91 Å². The summed E-state index contributed by atoms with van der Waals surface area (Å²) in [4.78, 5) is 29.5. The first kappa shape index (κ1) is 21.7. The number of carbonyl (C=O) groups excluding carboxylic acids is 2. The van der Waals surface area contributed by atoms with E-state index in [1.165, 1.54) is 42.5 Å². The first-order valence-electron chi connectivity index (χ1n) is 8.77. The minimum Gasteiger partial charge on any atom is -0.452 e. The number of oxazole rings is 1. The summed E-state index contributed by atoms with van der Waals surface area (Å²) in [7, 11) is -3.91. The van der Waals surface area contributed by atoms with Crippen molar-refractivity contribution in [3.05, 3.63) is 53.2 Å². The van der Waals surface area contributed by atoms with E-state index in [0.717, 1.165) is 4.88 Å². The molecular formula is C19H19N3O6S2. The van der Waals surface area contributed by atoms with Gasteiger partial charge in [0.1, 0.15) is 5.76 Å². The number of ether oxygens (including phenoxy) is 1. The number of thiophene rings is 1. The third-order valence-corrected chi connectivity index (χ3v) is 5.81. The number of benzene rings is 1. The Morgan fingerprint density at radius 2 is 2.07 bits per heavy atom. The molecule has 0 saturated heterocycles. The smallest absolute Gasteiger partial charge is 0.312 e. The number of sulfonamides is 1. The molecule has 9 nitrogen and oxygen atoms in total. The molecule has 2 heterocycles. The van der Waals surface area contributed by atoms with Gasteiger partial charge in [0.05, 0.1) is 21.9 Å². The summed E-state index contributed by atoms with van der Waals surface area (Å²) < 4.78 is 33.6. The summed E-state index contributed by atoms with van der Waals surface area (Å²) in [6.07, 6.45) is -1.27. The lowest BCUT2D eigenvalue weighted by atomic mass is 10.2. The third kappa shape index (κ3) is 5.32. The van der Waals surface area contributed by atoms with Crippen LogP contribution in [0.1, 0.15) is 18.4 Å². The maximum absolute atomic E-state index is 12.3. The van der Waals surface area contributed by atoms with Crippen LogP contribution < -0.4 is 10.5 Å². The van der Waals surface area contributed by atoms with Gasteiger partial charge in [-0.1, -0.05) is 12.1 Å². The molecule has 3 N–H and O–H groups in total. The average molecular weight is 450 g/mol. The average Bonchev–Trinajstić information content (AvgIpc) is 3.31. The fourth-order valence-electron chi connectivity index (χ4n) is 2.52. The summed E-state index contributed by atoms with van der Waals surface area (Å²) >= 11 is 1.46. The third-order valence-electron chi connectivity index (χ3n) is 4.04. The summed E-state index contributed by atoms with van der Waals surface area (Å²) in [6.45, 7) is 3.10. The van der Waals surface area contributed by atoms with E-state index in [4.69, 9.17) is 14.3 Å². The van der Waals surface area contributed by atoms with Crippen LogP contribution in [0.5, 0.6) is 0 Å². The molecule has 1 amide bonds. The predicted molar refractivity (Wildman–Crippen MR) is 110 cm³/mol. The number of carbonyl (C=O) groups is 2. The molecule has 0 radical (unpaired) electrons. The molecule has 158 valence electrons. The van der Waals surface area contributed by atoms with Gasteiger partial charge in [-0.15, -0.1) is 11.3 Å². The number of esters is 1. The predicted octanol–water partition coefficient (Wildman–Crippen LogP) is 2.47. The fraction of sp³-hybridized carbons (Fsp3) is 0.211. The van der Waals surface area contributed by atoms with Crippen molar-refractivity contribution < 1.29 is 27.2 Å². The monoisotopic (exact) mass is 449 g/mol. The second-order valence-electron chi connectivity index (χ2n) is 6.37. The van der Waals surface area contributed by atoms with Crippen molar-refractivity contribution in [2.24, 2.45) is 5.14 Å². The number of rotatable bonds is 7. The van der Waals surface area contributed by atoms with Crippen LogP contribution in [0, 0.1) is 6.92 Å². The molecule has 0 spiro atoms. The Kier molecular flexibility index (Phi) is 6.34. The Morgan fingerprint density at radius 1 is 1.30 bits per heavy atom. The quantitative estimate of drug-likeness (QED) is 0.528. The molecule has 0 aliphatic rings. The van der Waals surface area contributed by atoms with Crippen LogP contribution in [-0.4, -0.2) is 31.4 Å². The first-order chi connectivity index (χ1) is 14.1. The molecule has 0 fully saturated rings. The van der Waals surface area contributed by atoms with Crippen molar-refractivity contribution in [2.75, 3.05) is 5.32 Å². The van der Waals surface area contributed by atoms with Crippen LogP contribution in [0.25, 0.3) is 10.8 Å². The number of nitrogens with two attached hydrogens (primary N) is 1. The van der Waals surface area contributed by atoms with E-state index in [0.29, 0.717) is 17.3 Å². The minimum absolute atomic E-state index is 0.145. The highest BCUT2D eigenvalue weighted by molar-refractivity contribution is 7.89. The molecule has 0 bridgehead atoms. The fourth-order valence-corrected chi connectivity index (χ4v) is 3.73. The second kappa shape index (κ2) is 8.78. The van der Waals surface area contributed by atoms with Gasteiger partial charge in [0.2, 0.25) is 15.9 Å². The van der Waals surface area contributed by atoms with Crippen LogP contribution >= 0.6 is 11.3 Å². The summed E-state index contributed by atoms with van der Waals surface area (Å²) in [5, 5.41) is 9.46. The SMILES string of the molecule is Cc1oc(-c2cccs2)nc1CC(=O)OC(C)C(=O)Nc1cccc(S(N)(=O)=O)c1. The molecule has 1 aromatic carbocycles. The molecule has 0 saturated carbocycles. The van der Waals surface area contributed by atoms with Crippen LogP contribution in [-0.2, 0) is 30.8 Å². The Balaban J connectivity index is 1.60. The summed E-state index contributed by atoms with van der Waals surface area (Å²) in [5.74, 6) is -0.353. The van der Waals surface area contributed by atoms with Gasteiger partial charge in [-0.25, -0.2) is 18.5 Å². The topological polar surface area (TPSA) is 142 Å². The molecule has 0 aliphatic heterocycles. The molecule has 30 heavy (non-hydrogen) atoms. The number of hydrogen-bond acceptors (Lipinski definition) is 8. The van der Waals surface area contributed by atoms with Gasteiger partial charge in [-0.2, -0.15) is 0 Å². The number of aromatic nitrogens is 1. The largest absolute Gasteiger partial charge is 0.452 e. The molecule has 0 aliphatic carbocycles. The molecule has 2 aromatic heterocycles. The number of primary sulfonamides is 1. The molecular weight excluding hydrogens is 430 g/mol. The van der Waals surface area contributed by atoms with E-state index < -0.39 is 28.0 Å². The number of anilines is 1. The normalized spacial score (nSPS) is 12.4. The maximum Gasteiger partial charge on any atom is 0.312 e. The van der Waals surface area contributed by atoms with Crippen molar-refractivity contribution >= 4 is 38.9 Å². The van der Waals surface area contributed by atoms with Gasteiger partial charge < -0.3 is 14.5 Å². The molecule has 1 atom stereocenters. The lowest BCUT2D eigenvalue weighted by Gasteiger charge is -2.13. The van der Waals surface area contributed by atoms with Gasteiger partial charge >= 0.3 is 5.97 Å².